The summed E-state index contributed by atoms with van der Waals surface area (Å²) >= 11 is 0. The van der Waals surface area contributed by atoms with Crippen LogP contribution in [0.25, 0.3) is 11.3 Å². The Morgan fingerprint density at radius 2 is 2.20 bits per heavy atom. The van der Waals surface area contributed by atoms with Crippen LogP contribution in [0.2, 0.25) is 0 Å². The molecule has 2 rings (SSSR count). The van der Waals surface area contributed by atoms with Crippen molar-refractivity contribution < 1.29 is 5.11 Å². The lowest BCUT2D eigenvalue weighted by atomic mass is 10.1. The van der Waals surface area contributed by atoms with Crippen LogP contribution in [0.15, 0.2) is 30.3 Å². The number of phenols is 1. The minimum Gasteiger partial charge on any atom is -0.507 e. The van der Waals surface area contributed by atoms with Crippen molar-refractivity contribution in [3.63, 3.8) is 0 Å². The summed E-state index contributed by atoms with van der Waals surface area (Å²) in [7, 11) is 1.88. The summed E-state index contributed by atoms with van der Waals surface area (Å²) in [5, 5.41) is 19.7. The SMILES string of the molecule is CNCc1cc(-c2ccccc2O)n[nH]1. The Bertz CT molecular complexity index is 451. The highest BCUT2D eigenvalue weighted by Crippen LogP contribution is 2.26. The molecule has 0 saturated carbocycles. The molecule has 0 saturated heterocycles. The first kappa shape index (κ1) is 9.73. The van der Waals surface area contributed by atoms with Gasteiger partial charge in [-0.25, -0.2) is 0 Å². The fraction of sp³-hybridized carbons (Fsp3) is 0.182. The zero-order valence-electron chi connectivity index (χ0n) is 8.49. The van der Waals surface area contributed by atoms with Gasteiger partial charge in [0.2, 0.25) is 0 Å². The summed E-state index contributed by atoms with van der Waals surface area (Å²) < 4.78 is 0. The molecule has 1 aromatic heterocycles. The molecular formula is C11H13N3O. The van der Waals surface area contributed by atoms with Crippen molar-refractivity contribution in [3.8, 4) is 17.0 Å². The van der Waals surface area contributed by atoms with Gasteiger partial charge in [-0.15, -0.1) is 0 Å². The molecule has 0 atom stereocenters. The van der Waals surface area contributed by atoms with Gasteiger partial charge in [-0.05, 0) is 25.2 Å². The van der Waals surface area contributed by atoms with Gasteiger partial charge in [0.15, 0.2) is 0 Å². The molecule has 0 aliphatic heterocycles. The lowest BCUT2D eigenvalue weighted by molar-refractivity contribution is 0.477. The van der Waals surface area contributed by atoms with E-state index < -0.39 is 0 Å². The molecule has 0 amide bonds. The van der Waals surface area contributed by atoms with E-state index in [1.807, 2.05) is 25.2 Å². The number of H-pyrrole nitrogens is 1. The van der Waals surface area contributed by atoms with E-state index in [0.29, 0.717) is 0 Å². The smallest absolute Gasteiger partial charge is 0.125 e. The van der Waals surface area contributed by atoms with Crippen LogP contribution in [0, 0.1) is 0 Å². The molecule has 1 heterocycles. The van der Waals surface area contributed by atoms with E-state index in [0.717, 1.165) is 23.5 Å². The van der Waals surface area contributed by atoms with Crippen LogP contribution in [-0.2, 0) is 6.54 Å². The Balaban J connectivity index is 2.33. The molecule has 0 spiro atoms. The zero-order chi connectivity index (χ0) is 10.7. The molecule has 0 bridgehead atoms. The van der Waals surface area contributed by atoms with Crippen molar-refractivity contribution in [2.45, 2.75) is 6.54 Å². The summed E-state index contributed by atoms with van der Waals surface area (Å²) in [4.78, 5) is 0. The second-order valence-corrected chi connectivity index (χ2v) is 3.33. The van der Waals surface area contributed by atoms with Gasteiger partial charge in [-0.1, -0.05) is 12.1 Å². The topological polar surface area (TPSA) is 60.9 Å². The van der Waals surface area contributed by atoms with Crippen molar-refractivity contribution in [1.82, 2.24) is 15.5 Å². The number of benzene rings is 1. The number of nitrogens with zero attached hydrogens (tertiary/aromatic N) is 1. The van der Waals surface area contributed by atoms with E-state index in [1.54, 1.807) is 12.1 Å². The van der Waals surface area contributed by atoms with E-state index in [-0.39, 0.29) is 5.75 Å². The standard InChI is InChI=1S/C11H13N3O/c1-12-7-8-6-10(14-13-8)9-4-2-3-5-11(9)15/h2-6,12,15H,7H2,1H3,(H,13,14). The average molecular weight is 203 g/mol. The van der Waals surface area contributed by atoms with Crippen LogP contribution < -0.4 is 5.32 Å². The second-order valence-electron chi connectivity index (χ2n) is 3.33. The summed E-state index contributed by atoms with van der Waals surface area (Å²) in [6.45, 7) is 0.737. The molecule has 3 N–H and O–H groups in total. The molecule has 0 aliphatic rings. The Hall–Kier alpha value is -1.81. The van der Waals surface area contributed by atoms with Crippen LogP contribution in [0.4, 0.5) is 0 Å². The summed E-state index contributed by atoms with van der Waals surface area (Å²) in [5.74, 6) is 0.250. The fourth-order valence-electron chi connectivity index (χ4n) is 1.47. The van der Waals surface area contributed by atoms with Gasteiger partial charge in [0.25, 0.3) is 0 Å². The Morgan fingerprint density at radius 3 is 2.93 bits per heavy atom. The average Bonchev–Trinajstić information content (AvgIpc) is 2.68. The van der Waals surface area contributed by atoms with E-state index in [2.05, 4.69) is 15.5 Å². The van der Waals surface area contributed by atoms with Crippen molar-refractivity contribution in [2.24, 2.45) is 0 Å². The molecule has 2 aromatic rings. The maximum Gasteiger partial charge on any atom is 0.125 e. The first-order valence-corrected chi connectivity index (χ1v) is 4.78. The highest BCUT2D eigenvalue weighted by atomic mass is 16.3. The lowest BCUT2D eigenvalue weighted by Gasteiger charge is -1.98. The molecule has 4 heteroatoms. The monoisotopic (exact) mass is 203 g/mol. The molecule has 0 fully saturated rings. The number of hydrogen-bond donors (Lipinski definition) is 3. The van der Waals surface area contributed by atoms with Crippen LogP contribution in [0.3, 0.4) is 0 Å². The van der Waals surface area contributed by atoms with Crippen molar-refractivity contribution in [3.05, 3.63) is 36.0 Å². The first-order valence-electron chi connectivity index (χ1n) is 4.78. The van der Waals surface area contributed by atoms with Gasteiger partial charge >= 0.3 is 0 Å². The van der Waals surface area contributed by atoms with Gasteiger partial charge < -0.3 is 10.4 Å². The number of aromatic amines is 1. The van der Waals surface area contributed by atoms with Crippen LogP contribution >= 0.6 is 0 Å². The molecule has 0 aliphatic carbocycles. The van der Waals surface area contributed by atoms with Crippen molar-refractivity contribution in [2.75, 3.05) is 7.05 Å². The molecule has 4 nitrogen and oxygen atoms in total. The molecule has 0 radical (unpaired) electrons. The van der Waals surface area contributed by atoms with Gasteiger partial charge in [-0.3, -0.25) is 5.10 Å². The predicted octanol–water partition coefficient (Wildman–Crippen LogP) is 1.50. The Labute approximate surface area is 88.0 Å². The number of hydrogen-bond acceptors (Lipinski definition) is 3. The fourth-order valence-corrected chi connectivity index (χ4v) is 1.47. The third-order valence-corrected chi connectivity index (χ3v) is 2.18. The third-order valence-electron chi connectivity index (χ3n) is 2.18. The van der Waals surface area contributed by atoms with E-state index in [1.165, 1.54) is 0 Å². The largest absolute Gasteiger partial charge is 0.507 e. The summed E-state index contributed by atoms with van der Waals surface area (Å²) in [6.07, 6.45) is 0. The number of nitrogens with one attached hydrogen (secondary N) is 2. The molecule has 15 heavy (non-hydrogen) atoms. The summed E-state index contributed by atoms with van der Waals surface area (Å²) in [5.41, 5.74) is 2.50. The van der Waals surface area contributed by atoms with Crippen molar-refractivity contribution >= 4 is 0 Å². The van der Waals surface area contributed by atoms with Gasteiger partial charge in [0.1, 0.15) is 5.75 Å². The number of phenolic OH excluding ortho intramolecular Hbond substituents is 1. The van der Waals surface area contributed by atoms with E-state index in [9.17, 15) is 5.11 Å². The molecule has 78 valence electrons. The number of aromatic hydroxyl groups is 1. The van der Waals surface area contributed by atoms with Gasteiger partial charge in [0.05, 0.1) is 5.69 Å². The number of rotatable bonds is 3. The third kappa shape index (κ3) is 1.99. The number of aromatic nitrogens is 2. The maximum atomic E-state index is 9.63. The van der Waals surface area contributed by atoms with Gasteiger partial charge in [0, 0.05) is 17.8 Å². The lowest BCUT2D eigenvalue weighted by Crippen LogP contribution is -2.04. The minimum absolute atomic E-state index is 0.250. The van der Waals surface area contributed by atoms with Crippen LogP contribution in [0.1, 0.15) is 5.69 Å². The van der Waals surface area contributed by atoms with Crippen LogP contribution in [-0.4, -0.2) is 22.4 Å². The summed E-state index contributed by atoms with van der Waals surface area (Å²) in [6, 6.07) is 9.09. The first-order chi connectivity index (χ1) is 7.31. The minimum atomic E-state index is 0.250. The van der Waals surface area contributed by atoms with Gasteiger partial charge in [-0.2, -0.15) is 5.10 Å². The Morgan fingerprint density at radius 1 is 1.40 bits per heavy atom. The molecule has 0 unspecified atom stereocenters. The normalized spacial score (nSPS) is 10.5. The molecular weight excluding hydrogens is 190 g/mol. The molecule has 1 aromatic carbocycles. The predicted molar refractivity (Wildman–Crippen MR) is 58.5 cm³/mol. The van der Waals surface area contributed by atoms with Crippen molar-refractivity contribution in [1.29, 1.82) is 0 Å². The van der Waals surface area contributed by atoms with E-state index in [4.69, 9.17) is 0 Å². The van der Waals surface area contributed by atoms with E-state index >= 15 is 0 Å². The Kier molecular flexibility index (Phi) is 2.69. The maximum absolute atomic E-state index is 9.63. The quantitative estimate of drug-likeness (QED) is 0.708. The number of para-hydroxylation sites is 1. The highest BCUT2D eigenvalue weighted by molar-refractivity contribution is 5.66. The second kappa shape index (κ2) is 4.14. The van der Waals surface area contributed by atoms with Crippen LogP contribution in [0.5, 0.6) is 5.75 Å². The highest BCUT2D eigenvalue weighted by Gasteiger charge is 2.06. The zero-order valence-corrected chi connectivity index (χ0v) is 8.49.